The number of aliphatic hydroxyl groups is 2. The maximum atomic E-state index is 10.3. The maximum Gasteiger partial charge on any atom is 0.126 e. The zero-order valence-corrected chi connectivity index (χ0v) is 22.9. The van der Waals surface area contributed by atoms with Crippen LogP contribution in [0.2, 0.25) is 0 Å². The lowest BCUT2D eigenvalue weighted by Crippen LogP contribution is -2.51. The van der Waals surface area contributed by atoms with E-state index in [-0.39, 0.29) is 0 Å². The fraction of sp³-hybridized carbons (Fsp3) is 1.00. The van der Waals surface area contributed by atoms with Gasteiger partial charge in [-0.05, 0) is 12.8 Å². The van der Waals surface area contributed by atoms with Crippen LogP contribution in [0.4, 0.5) is 0 Å². The van der Waals surface area contributed by atoms with Gasteiger partial charge in [-0.3, -0.25) is 0 Å². The van der Waals surface area contributed by atoms with Gasteiger partial charge < -0.3 is 24.2 Å². The van der Waals surface area contributed by atoms with Crippen LogP contribution in [0.1, 0.15) is 117 Å². The Kier molecular flexibility index (Phi) is 23.4. The van der Waals surface area contributed by atoms with Gasteiger partial charge in [-0.2, -0.15) is 0 Å². The van der Waals surface area contributed by atoms with Gasteiger partial charge in [0.2, 0.25) is 0 Å². The van der Waals surface area contributed by atoms with Crippen LogP contribution in [0.25, 0.3) is 0 Å². The summed E-state index contributed by atoms with van der Waals surface area (Å²) in [7, 11) is 4.09. The van der Waals surface area contributed by atoms with Crippen molar-refractivity contribution in [2.24, 2.45) is 0 Å². The minimum absolute atomic E-state index is 0.378. The average Bonchev–Trinajstić information content (AvgIpc) is 2.75. The summed E-state index contributed by atoms with van der Waals surface area (Å²) in [5, 5.41) is 20.7. The lowest BCUT2D eigenvalue weighted by molar-refractivity contribution is -0.896. The molecular weight excluding hydrogens is 414 g/mol. The lowest BCUT2D eigenvalue weighted by Gasteiger charge is -2.33. The molecule has 0 spiro atoms. The summed E-state index contributed by atoms with van der Waals surface area (Å²) in [5.41, 5.74) is 0. The van der Waals surface area contributed by atoms with E-state index >= 15 is 0 Å². The first kappa shape index (κ1) is 32.8. The predicted molar refractivity (Wildman–Crippen MR) is 141 cm³/mol. The van der Waals surface area contributed by atoms with Gasteiger partial charge in [-0.25, -0.2) is 0 Å². The van der Waals surface area contributed by atoms with Gasteiger partial charge in [-0.1, -0.05) is 104 Å². The number of nitrogens with zero attached hydrogens (tertiary/aromatic N) is 1. The number of hydrogen-bond donors (Lipinski definition) is 2. The van der Waals surface area contributed by atoms with Crippen molar-refractivity contribution >= 4 is 0 Å². The van der Waals surface area contributed by atoms with Gasteiger partial charge in [0.05, 0.1) is 27.3 Å². The predicted octanol–water partition coefficient (Wildman–Crippen LogP) is 6.10. The zero-order valence-electron chi connectivity index (χ0n) is 22.9. The largest absolute Gasteiger partial charge is 0.385 e. The molecule has 0 saturated carbocycles. The molecule has 0 aliphatic heterocycles. The molecule has 2 N–H and O–H groups in total. The number of hydrogen-bond acceptors (Lipinski definition) is 4. The summed E-state index contributed by atoms with van der Waals surface area (Å²) in [6.07, 6.45) is 19.6. The third-order valence-corrected chi connectivity index (χ3v) is 6.31. The molecule has 0 amide bonds. The minimum atomic E-state index is -0.500. The van der Waals surface area contributed by atoms with Gasteiger partial charge in [0, 0.05) is 13.2 Å². The number of quaternary nitrogens is 1. The van der Waals surface area contributed by atoms with Crippen LogP contribution in [0.5, 0.6) is 0 Å². The summed E-state index contributed by atoms with van der Waals surface area (Å²) < 4.78 is 11.9. The summed E-state index contributed by atoms with van der Waals surface area (Å²) in [4.78, 5) is 0. The first-order valence-electron chi connectivity index (χ1n) is 14.2. The van der Waals surface area contributed by atoms with Crippen molar-refractivity contribution in [1.29, 1.82) is 0 Å². The highest BCUT2D eigenvalue weighted by molar-refractivity contribution is 4.57. The smallest absolute Gasteiger partial charge is 0.126 e. The zero-order chi connectivity index (χ0) is 24.6. The molecule has 0 rings (SSSR count). The second kappa shape index (κ2) is 23.5. The molecule has 0 aromatic heterocycles. The van der Waals surface area contributed by atoms with Crippen molar-refractivity contribution in [3.8, 4) is 0 Å². The standard InChI is InChI=1S/C28H60NO4/c1-5-7-9-11-13-15-17-19-21-32-25-27(30)23-29(3,4)24-28(31)26-33-22-20-18-16-14-12-10-8-6-2/h27-28,30-31H,5-26H2,1-4H3/q+1. The third kappa shape index (κ3) is 24.7. The molecule has 200 valence electrons. The molecule has 2 unspecified atom stereocenters. The maximum absolute atomic E-state index is 10.3. The monoisotopic (exact) mass is 474 g/mol. The normalized spacial score (nSPS) is 14.0. The summed E-state index contributed by atoms with van der Waals surface area (Å²) in [6, 6.07) is 0. The quantitative estimate of drug-likeness (QED) is 0.117. The van der Waals surface area contributed by atoms with Crippen molar-refractivity contribution < 1.29 is 24.2 Å². The minimum Gasteiger partial charge on any atom is -0.385 e. The Morgan fingerprint density at radius 3 is 1.15 bits per heavy atom. The highest BCUT2D eigenvalue weighted by Crippen LogP contribution is 2.10. The summed E-state index contributed by atoms with van der Waals surface area (Å²) in [6.45, 7) is 7.87. The van der Waals surface area contributed by atoms with Crippen LogP contribution in [0.3, 0.4) is 0 Å². The second-order valence-corrected chi connectivity index (χ2v) is 10.7. The van der Waals surface area contributed by atoms with Gasteiger partial charge in [0.15, 0.2) is 0 Å². The van der Waals surface area contributed by atoms with E-state index in [0.29, 0.717) is 30.8 Å². The molecule has 0 radical (unpaired) electrons. The number of aliphatic hydroxyl groups excluding tert-OH is 2. The summed E-state index contributed by atoms with van der Waals surface area (Å²) >= 11 is 0. The molecule has 5 nitrogen and oxygen atoms in total. The Morgan fingerprint density at radius 1 is 0.515 bits per heavy atom. The van der Waals surface area contributed by atoms with E-state index in [9.17, 15) is 10.2 Å². The van der Waals surface area contributed by atoms with Crippen molar-refractivity contribution in [2.75, 3.05) is 53.6 Å². The Morgan fingerprint density at radius 2 is 0.818 bits per heavy atom. The van der Waals surface area contributed by atoms with E-state index in [0.717, 1.165) is 26.1 Å². The van der Waals surface area contributed by atoms with Crippen molar-refractivity contribution in [1.82, 2.24) is 0 Å². The first-order chi connectivity index (χ1) is 15.9. The Balaban J connectivity index is 3.61. The molecule has 0 aliphatic rings. The molecule has 0 bridgehead atoms. The van der Waals surface area contributed by atoms with E-state index in [4.69, 9.17) is 9.47 Å². The van der Waals surface area contributed by atoms with E-state index in [1.54, 1.807) is 0 Å². The van der Waals surface area contributed by atoms with Crippen molar-refractivity contribution in [2.45, 2.75) is 129 Å². The number of unbranched alkanes of at least 4 members (excludes halogenated alkanes) is 14. The molecule has 2 atom stereocenters. The molecular formula is C28H60NO4+. The Hall–Kier alpha value is -0.200. The fourth-order valence-electron chi connectivity index (χ4n) is 4.44. The van der Waals surface area contributed by atoms with Crippen molar-refractivity contribution in [3.63, 3.8) is 0 Å². The fourth-order valence-corrected chi connectivity index (χ4v) is 4.44. The van der Waals surface area contributed by atoms with Gasteiger partial charge in [-0.15, -0.1) is 0 Å². The lowest BCUT2D eigenvalue weighted by atomic mass is 10.1. The van der Waals surface area contributed by atoms with Crippen LogP contribution in [0.15, 0.2) is 0 Å². The Bertz CT molecular complexity index is 358. The molecule has 0 aromatic carbocycles. The highest BCUT2D eigenvalue weighted by Gasteiger charge is 2.24. The summed E-state index contributed by atoms with van der Waals surface area (Å²) in [5.74, 6) is 0. The molecule has 33 heavy (non-hydrogen) atoms. The van der Waals surface area contributed by atoms with Crippen LogP contribution in [-0.2, 0) is 9.47 Å². The van der Waals surface area contributed by atoms with E-state index in [2.05, 4.69) is 13.8 Å². The molecule has 0 aromatic rings. The molecule has 5 heteroatoms. The number of ether oxygens (including phenoxy) is 2. The average molecular weight is 475 g/mol. The Labute approximate surface area is 206 Å². The molecule has 0 fully saturated rings. The molecule has 0 aliphatic carbocycles. The van der Waals surface area contributed by atoms with Crippen LogP contribution in [0, 0.1) is 0 Å². The number of rotatable bonds is 26. The van der Waals surface area contributed by atoms with Crippen LogP contribution >= 0.6 is 0 Å². The van der Waals surface area contributed by atoms with E-state index < -0.39 is 12.2 Å². The third-order valence-electron chi connectivity index (χ3n) is 6.31. The highest BCUT2D eigenvalue weighted by atomic mass is 16.5. The van der Waals surface area contributed by atoms with Crippen LogP contribution < -0.4 is 0 Å². The van der Waals surface area contributed by atoms with Gasteiger partial charge >= 0.3 is 0 Å². The van der Waals surface area contributed by atoms with E-state index in [1.165, 1.54) is 89.9 Å². The SMILES string of the molecule is CCCCCCCCCCOCC(O)C[N+](C)(C)CC(O)COCCCCCCCCCC. The first-order valence-corrected chi connectivity index (χ1v) is 14.2. The van der Waals surface area contributed by atoms with Gasteiger partial charge in [0.25, 0.3) is 0 Å². The van der Waals surface area contributed by atoms with Crippen molar-refractivity contribution in [3.05, 3.63) is 0 Å². The molecule has 0 saturated heterocycles. The topological polar surface area (TPSA) is 58.9 Å². The number of likely N-dealkylation sites (N-methyl/N-ethyl adjacent to an activating group) is 1. The van der Waals surface area contributed by atoms with Gasteiger partial charge in [0.1, 0.15) is 25.3 Å². The second-order valence-electron chi connectivity index (χ2n) is 10.7. The van der Waals surface area contributed by atoms with Crippen LogP contribution in [-0.4, -0.2) is 80.5 Å². The van der Waals surface area contributed by atoms with E-state index in [1.807, 2.05) is 14.1 Å². The molecule has 0 heterocycles.